The number of hydrogen-bond acceptors (Lipinski definition) is 6. The minimum Gasteiger partial charge on any atom is -0.497 e. The number of nitrogens with two attached hydrogens (primary N) is 2. The third kappa shape index (κ3) is 4.43. The molecule has 184 valence electrons. The minimum atomic E-state index is -3.83. The molecule has 1 aliphatic rings. The first-order chi connectivity index (χ1) is 17.2. The average molecular weight is 504 g/mol. The van der Waals surface area contributed by atoms with Gasteiger partial charge in [0.1, 0.15) is 5.75 Å². The second kappa shape index (κ2) is 9.14. The van der Waals surface area contributed by atoms with Crippen LogP contribution in [0.25, 0.3) is 16.9 Å². The molecular weight excluding hydrogens is 478 g/mol. The van der Waals surface area contributed by atoms with E-state index in [0.29, 0.717) is 18.7 Å². The van der Waals surface area contributed by atoms with E-state index in [0.717, 1.165) is 45.8 Å². The lowest BCUT2D eigenvalue weighted by Gasteiger charge is -2.20. The van der Waals surface area contributed by atoms with Crippen LogP contribution >= 0.6 is 0 Å². The zero-order valence-corrected chi connectivity index (χ0v) is 20.4. The summed E-state index contributed by atoms with van der Waals surface area (Å²) in [4.78, 5) is 12.2. The van der Waals surface area contributed by atoms with Crippen molar-refractivity contribution < 1.29 is 17.9 Å². The van der Waals surface area contributed by atoms with Gasteiger partial charge in [-0.25, -0.2) is 18.2 Å². The molecule has 0 saturated heterocycles. The number of aromatic nitrogens is 2. The first-order valence-corrected chi connectivity index (χ1v) is 12.8. The molecule has 1 aromatic heterocycles. The molecule has 0 atom stereocenters. The van der Waals surface area contributed by atoms with Crippen LogP contribution in [-0.4, -0.2) is 31.2 Å². The predicted octanol–water partition coefficient (Wildman–Crippen LogP) is 3.00. The zero-order chi connectivity index (χ0) is 25.4. The number of anilines is 1. The summed E-state index contributed by atoms with van der Waals surface area (Å²) in [6.07, 6.45) is 1.37. The smallest absolute Gasteiger partial charge is 0.269 e. The highest BCUT2D eigenvalue weighted by atomic mass is 32.2. The van der Waals surface area contributed by atoms with Gasteiger partial charge in [0.25, 0.3) is 5.91 Å². The maximum absolute atomic E-state index is 12.2. The number of ether oxygens (including phenoxy) is 1. The Bertz CT molecular complexity index is 1560. The van der Waals surface area contributed by atoms with Gasteiger partial charge in [-0.05, 0) is 72.5 Å². The molecule has 0 radical (unpaired) electrons. The number of amides is 1. The summed E-state index contributed by atoms with van der Waals surface area (Å²) < 4.78 is 30.2. The topological polar surface area (TPSA) is 142 Å². The predicted molar refractivity (Wildman–Crippen MR) is 137 cm³/mol. The van der Waals surface area contributed by atoms with Crippen molar-refractivity contribution in [3.63, 3.8) is 0 Å². The second-order valence-corrected chi connectivity index (χ2v) is 10.1. The van der Waals surface area contributed by atoms with E-state index in [9.17, 15) is 13.2 Å². The largest absolute Gasteiger partial charge is 0.497 e. The maximum atomic E-state index is 12.2. The highest BCUT2D eigenvalue weighted by Gasteiger charge is 2.28. The number of aryl methyl sites for hydroxylation is 1. The molecule has 0 spiro atoms. The lowest BCUT2D eigenvalue weighted by atomic mass is 9.88. The number of primary amides is 1. The summed E-state index contributed by atoms with van der Waals surface area (Å²) in [5.74, 6) is 0.194. The molecule has 5 rings (SSSR count). The lowest BCUT2D eigenvalue weighted by molar-refractivity contribution is 0.0994. The van der Waals surface area contributed by atoms with Crippen LogP contribution < -0.4 is 20.9 Å². The number of nitrogens with one attached hydrogen (secondary N) is 1. The van der Waals surface area contributed by atoms with E-state index in [1.54, 1.807) is 23.9 Å². The average Bonchev–Trinajstić information content (AvgIpc) is 3.28. The van der Waals surface area contributed by atoms with E-state index in [2.05, 4.69) is 16.5 Å². The Kier molecular flexibility index (Phi) is 5.99. The van der Waals surface area contributed by atoms with Crippen molar-refractivity contribution in [2.45, 2.75) is 24.3 Å². The molecular formula is C26H25N5O4S. The number of primary sulfonamides is 1. The molecule has 4 aromatic rings. The van der Waals surface area contributed by atoms with Gasteiger partial charge in [0.2, 0.25) is 10.0 Å². The summed E-state index contributed by atoms with van der Waals surface area (Å²) in [5, 5.41) is 13.2. The highest BCUT2D eigenvalue weighted by molar-refractivity contribution is 7.89. The molecule has 5 N–H and O–H groups in total. The molecule has 0 unspecified atom stereocenters. The van der Waals surface area contributed by atoms with E-state index < -0.39 is 15.9 Å². The number of nitrogens with zero attached hydrogens (tertiary/aromatic N) is 2. The molecule has 0 saturated carbocycles. The lowest BCUT2D eigenvalue weighted by Crippen LogP contribution is -2.15. The van der Waals surface area contributed by atoms with Crippen LogP contribution in [0.1, 0.15) is 27.2 Å². The number of benzene rings is 3. The quantitative estimate of drug-likeness (QED) is 0.354. The fraction of sp³-hybridized carbons (Fsp3) is 0.154. The molecule has 1 aliphatic carbocycles. The number of sulfonamides is 1. The van der Waals surface area contributed by atoms with E-state index in [1.807, 2.05) is 36.4 Å². The molecule has 0 aliphatic heterocycles. The first-order valence-electron chi connectivity index (χ1n) is 11.3. The monoisotopic (exact) mass is 503 g/mol. The Morgan fingerprint density at radius 1 is 1.06 bits per heavy atom. The summed E-state index contributed by atoms with van der Waals surface area (Å²) in [6, 6.07) is 20.0. The number of rotatable bonds is 7. The summed E-state index contributed by atoms with van der Waals surface area (Å²) in [7, 11) is -2.20. The Balaban J connectivity index is 1.54. The maximum Gasteiger partial charge on any atom is 0.269 e. The van der Waals surface area contributed by atoms with Gasteiger partial charge in [-0.1, -0.05) is 18.2 Å². The van der Waals surface area contributed by atoms with Crippen molar-refractivity contribution >= 4 is 21.6 Å². The first kappa shape index (κ1) is 23.6. The van der Waals surface area contributed by atoms with Crippen LogP contribution in [0.3, 0.4) is 0 Å². The van der Waals surface area contributed by atoms with Crippen molar-refractivity contribution in [3.8, 4) is 22.7 Å². The van der Waals surface area contributed by atoms with Crippen LogP contribution in [0.2, 0.25) is 0 Å². The SMILES string of the molecule is COc1ccc(CNc2ccc3c(c2)-c2c(c(C(N)=O)nn2-c2ccc(S(N)(=O)=O)cc2)CC3)cc1. The molecule has 0 fully saturated rings. The van der Waals surface area contributed by atoms with Gasteiger partial charge in [-0.15, -0.1) is 0 Å². The molecule has 0 bridgehead atoms. The third-order valence-corrected chi connectivity index (χ3v) is 7.22. The molecule has 10 heteroatoms. The molecule has 1 heterocycles. The third-order valence-electron chi connectivity index (χ3n) is 6.29. The Morgan fingerprint density at radius 3 is 2.42 bits per heavy atom. The fourth-order valence-corrected chi connectivity index (χ4v) is 4.97. The number of carbonyl (C=O) groups is 1. The van der Waals surface area contributed by atoms with Crippen LogP contribution in [0.4, 0.5) is 5.69 Å². The van der Waals surface area contributed by atoms with Crippen molar-refractivity contribution in [3.05, 3.63) is 89.1 Å². The van der Waals surface area contributed by atoms with Crippen molar-refractivity contribution in [1.29, 1.82) is 0 Å². The van der Waals surface area contributed by atoms with Gasteiger partial charge in [0.05, 0.1) is 23.4 Å². The molecule has 3 aromatic carbocycles. The van der Waals surface area contributed by atoms with Crippen molar-refractivity contribution in [2.75, 3.05) is 12.4 Å². The van der Waals surface area contributed by atoms with Crippen molar-refractivity contribution in [2.24, 2.45) is 10.9 Å². The normalized spacial score (nSPS) is 12.5. The van der Waals surface area contributed by atoms with Gasteiger partial charge in [-0.2, -0.15) is 5.10 Å². The fourth-order valence-electron chi connectivity index (χ4n) is 4.46. The minimum absolute atomic E-state index is 0.00665. The Hall–Kier alpha value is -4.15. The number of methoxy groups -OCH3 is 1. The van der Waals surface area contributed by atoms with Gasteiger partial charge in [0, 0.05) is 23.4 Å². The second-order valence-electron chi connectivity index (χ2n) is 8.56. The van der Waals surface area contributed by atoms with Crippen LogP contribution in [0.5, 0.6) is 5.75 Å². The van der Waals surface area contributed by atoms with E-state index in [-0.39, 0.29) is 10.6 Å². The summed E-state index contributed by atoms with van der Waals surface area (Å²) in [5.41, 5.74) is 12.1. The summed E-state index contributed by atoms with van der Waals surface area (Å²) >= 11 is 0. The highest BCUT2D eigenvalue weighted by Crippen LogP contribution is 2.38. The van der Waals surface area contributed by atoms with E-state index >= 15 is 0 Å². The molecule has 36 heavy (non-hydrogen) atoms. The van der Waals surface area contributed by atoms with Gasteiger partial charge >= 0.3 is 0 Å². The number of carbonyl (C=O) groups excluding carboxylic acids is 1. The van der Waals surface area contributed by atoms with Gasteiger partial charge < -0.3 is 15.8 Å². The zero-order valence-electron chi connectivity index (χ0n) is 19.6. The van der Waals surface area contributed by atoms with E-state index in [1.165, 1.54) is 12.1 Å². The Morgan fingerprint density at radius 2 is 1.78 bits per heavy atom. The van der Waals surface area contributed by atoms with E-state index in [4.69, 9.17) is 15.6 Å². The Labute approximate surface area is 208 Å². The van der Waals surface area contributed by atoms with Crippen LogP contribution in [0, 0.1) is 0 Å². The number of fused-ring (bicyclic) bond motifs is 3. The van der Waals surface area contributed by atoms with Gasteiger partial charge in [-0.3, -0.25) is 4.79 Å². The van der Waals surface area contributed by atoms with Gasteiger partial charge in [0.15, 0.2) is 5.69 Å². The molecule has 9 nitrogen and oxygen atoms in total. The standard InChI is InChI=1S/C26H25N5O4S/c1-35-20-9-2-16(3-10-20)15-29-18-6-4-17-5-13-22-24(26(27)32)30-31(25(22)23(17)14-18)19-7-11-21(12-8-19)36(28,33)34/h2-4,6-12,14,29H,5,13,15H2,1H3,(H2,27,32)(H2,28,33,34). The summed E-state index contributed by atoms with van der Waals surface area (Å²) in [6.45, 7) is 0.621. The van der Waals surface area contributed by atoms with Crippen LogP contribution in [0.15, 0.2) is 71.6 Å². The number of hydrogen-bond donors (Lipinski definition) is 3. The van der Waals surface area contributed by atoms with Crippen molar-refractivity contribution in [1.82, 2.24) is 9.78 Å². The van der Waals surface area contributed by atoms with Crippen LogP contribution in [-0.2, 0) is 29.4 Å². The molecule has 1 amide bonds.